The van der Waals surface area contributed by atoms with E-state index in [2.05, 4.69) is 11.2 Å². The third kappa shape index (κ3) is 1.73. The van der Waals surface area contributed by atoms with Crippen LogP contribution in [0.15, 0.2) is 23.3 Å². The number of nitrogens with zero attached hydrogens (tertiary/aromatic N) is 2. The van der Waals surface area contributed by atoms with Crippen LogP contribution in [-0.2, 0) is 6.42 Å². The fraction of sp³-hybridized carbons (Fsp3) is 0.462. The molecule has 0 saturated heterocycles. The molecule has 0 fully saturated rings. The molecule has 17 heavy (non-hydrogen) atoms. The van der Waals surface area contributed by atoms with Crippen LogP contribution < -0.4 is 0 Å². The second kappa shape index (κ2) is 3.95. The van der Waals surface area contributed by atoms with E-state index in [0.29, 0.717) is 11.6 Å². The van der Waals surface area contributed by atoms with Crippen molar-refractivity contribution in [2.45, 2.75) is 38.0 Å². The van der Waals surface area contributed by atoms with E-state index >= 15 is 0 Å². The van der Waals surface area contributed by atoms with Gasteiger partial charge < -0.3 is 0 Å². The Kier molecular flexibility index (Phi) is 2.42. The quantitative estimate of drug-likeness (QED) is 0.550. The van der Waals surface area contributed by atoms with Gasteiger partial charge >= 0.3 is 0 Å². The van der Waals surface area contributed by atoms with Crippen LogP contribution in [-0.4, -0.2) is 10.7 Å². The molecule has 0 radical (unpaired) electrons. The lowest BCUT2D eigenvalue weighted by Crippen LogP contribution is -2.22. The van der Waals surface area contributed by atoms with E-state index in [1.807, 2.05) is 12.1 Å². The maximum atomic E-state index is 10.5. The molecule has 0 saturated carbocycles. The van der Waals surface area contributed by atoms with Gasteiger partial charge in [-0.05, 0) is 49.1 Å². The molecule has 1 unspecified atom stereocenters. The molecule has 1 aromatic carbocycles. The highest BCUT2D eigenvalue weighted by Gasteiger charge is 2.30. The second-order valence-corrected chi connectivity index (χ2v) is 4.79. The largest absolute Gasteiger partial charge is 0.233 e. The Balaban J connectivity index is 2.15. The standard InChI is InChI=1S/C13H14N2O2/c16-15(17)14-12-8-7-10-4-1-3-9-5-2-6-11(12)13(9)10/h2,5-6,10H,1,3-4,7-8H2/b14-12+. The molecule has 1 atom stereocenters. The lowest BCUT2D eigenvalue weighted by Gasteiger charge is -2.31. The minimum Gasteiger partial charge on any atom is -0.233 e. The number of rotatable bonds is 1. The van der Waals surface area contributed by atoms with Crippen molar-refractivity contribution in [1.82, 2.24) is 0 Å². The van der Waals surface area contributed by atoms with Gasteiger partial charge in [0.25, 0.3) is 0 Å². The number of hydrogen-bond acceptors (Lipinski definition) is 2. The zero-order chi connectivity index (χ0) is 11.8. The van der Waals surface area contributed by atoms with Crippen LogP contribution in [0.1, 0.15) is 48.3 Å². The van der Waals surface area contributed by atoms with Crippen LogP contribution >= 0.6 is 0 Å². The summed E-state index contributed by atoms with van der Waals surface area (Å²) in [6.07, 6.45) is 5.31. The molecule has 4 heteroatoms. The van der Waals surface area contributed by atoms with Crippen molar-refractivity contribution in [3.63, 3.8) is 0 Å². The van der Waals surface area contributed by atoms with Gasteiger partial charge in [0.2, 0.25) is 0 Å². The van der Waals surface area contributed by atoms with Crippen LogP contribution in [0.4, 0.5) is 0 Å². The van der Waals surface area contributed by atoms with Gasteiger partial charge in [0.05, 0.1) is 5.10 Å². The fourth-order valence-electron chi connectivity index (χ4n) is 3.18. The number of hydrazone groups is 1. The van der Waals surface area contributed by atoms with E-state index in [1.54, 1.807) is 0 Å². The molecule has 2 aliphatic carbocycles. The Hall–Kier alpha value is -1.71. The Morgan fingerprint density at radius 3 is 3.00 bits per heavy atom. The second-order valence-electron chi connectivity index (χ2n) is 4.79. The van der Waals surface area contributed by atoms with Crippen molar-refractivity contribution >= 4 is 5.71 Å². The zero-order valence-electron chi connectivity index (χ0n) is 9.56. The molecule has 0 aromatic heterocycles. The van der Waals surface area contributed by atoms with Gasteiger partial charge in [0.15, 0.2) is 5.03 Å². The molecule has 88 valence electrons. The van der Waals surface area contributed by atoms with Gasteiger partial charge in [-0.15, -0.1) is 0 Å². The van der Waals surface area contributed by atoms with Gasteiger partial charge in [0.1, 0.15) is 5.71 Å². The molecule has 4 nitrogen and oxygen atoms in total. The molecule has 0 heterocycles. The van der Waals surface area contributed by atoms with Crippen molar-refractivity contribution in [2.75, 3.05) is 0 Å². The van der Waals surface area contributed by atoms with Crippen LogP contribution in [0.25, 0.3) is 0 Å². The van der Waals surface area contributed by atoms with Gasteiger partial charge in [-0.25, -0.2) is 10.1 Å². The van der Waals surface area contributed by atoms with E-state index < -0.39 is 5.03 Å². The fourth-order valence-corrected chi connectivity index (χ4v) is 3.18. The first-order valence-electron chi connectivity index (χ1n) is 6.10. The van der Waals surface area contributed by atoms with Crippen molar-refractivity contribution in [3.05, 3.63) is 45.0 Å². The Labute approximate surface area is 99.5 Å². The van der Waals surface area contributed by atoms with E-state index in [-0.39, 0.29) is 0 Å². The average molecular weight is 230 g/mol. The van der Waals surface area contributed by atoms with Gasteiger partial charge in [-0.1, -0.05) is 18.2 Å². The number of aryl methyl sites for hydroxylation is 1. The molecule has 0 bridgehead atoms. The Morgan fingerprint density at radius 2 is 2.18 bits per heavy atom. The highest BCUT2D eigenvalue weighted by atomic mass is 16.7. The SMILES string of the molecule is O=[N+]([O-])/N=C1\CCC2CCCc3cccc1c32. The lowest BCUT2D eigenvalue weighted by atomic mass is 9.73. The molecule has 0 spiro atoms. The molecule has 1 aromatic rings. The van der Waals surface area contributed by atoms with Crippen LogP contribution in [0.5, 0.6) is 0 Å². The van der Waals surface area contributed by atoms with Gasteiger partial charge in [-0.2, -0.15) is 0 Å². The maximum Gasteiger partial charge on any atom is 0.191 e. The van der Waals surface area contributed by atoms with Gasteiger partial charge in [0, 0.05) is 5.56 Å². The molecule has 0 amide bonds. The monoisotopic (exact) mass is 230 g/mol. The Morgan fingerprint density at radius 1 is 1.29 bits per heavy atom. The van der Waals surface area contributed by atoms with Crippen LogP contribution in [0.3, 0.4) is 0 Å². The lowest BCUT2D eigenvalue weighted by molar-refractivity contribution is -0.485. The summed E-state index contributed by atoms with van der Waals surface area (Å²) in [5, 5.41) is 13.5. The summed E-state index contributed by atoms with van der Waals surface area (Å²) in [5.74, 6) is 0.598. The van der Waals surface area contributed by atoms with E-state index in [4.69, 9.17) is 0 Å². The summed E-state index contributed by atoms with van der Waals surface area (Å²) in [6.45, 7) is 0. The predicted molar refractivity (Wildman–Crippen MR) is 64.9 cm³/mol. The molecular formula is C13H14N2O2. The molecule has 3 rings (SSSR count). The summed E-state index contributed by atoms with van der Waals surface area (Å²) in [6, 6.07) is 6.13. The van der Waals surface area contributed by atoms with E-state index in [0.717, 1.165) is 24.8 Å². The van der Waals surface area contributed by atoms with Crippen LogP contribution in [0, 0.1) is 10.1 Å². The Bertz CT molecular complexity index is 508. The number of benzene rings is 1. The van der Waals surface area contributed by atoms with E-state index in [9.17, 15) is 10.1 Å². The van der Waals surface area contributed by atoms with Crippen molar-refractivity contribution in [2.24, 2.45) is 5.10 Å². The minimum atomic E-state index is -0.572. The minimum absolute atomic E-state index is 0.572. The highest BCUT2D eigenvalue weighted by molar-refractivity contribution is 6.03. The first-order chi connectivity index (χ1) is 8.25. The van der Waals surface area contributed by atoms with Crippen molar-refractivity contribution < 1.29 is 5.03 Å². The van der Waals surface area contributed by atoms with Crippen LogP contribution in [0.2, 0.25) is 0 Å². The summed E-state index contributed by atoms with van der Waals surface area (Å²) >= 11 is 0. The maximum absolute atomic E-state index is 10.5. The predicted octanol–water partition coefficient (Wildman–Crippen LogP) is 2.88. The third-order valence-electron chi connectivity index (χ3n) is 3.85. The van der Waals surface area contributed by atoms with E-state index in [1.165, 1.54) is 24.0 Å². The summed E-state index contributed by atoms with van der Waals surface area (Å²) in [5.41, 5.74) is 4.39. The summed E-state index contributed by atoms with van der Waals surface area (Å²) in [7, 11) is 0. The molecular weight excluding hydrogens is 216 g/mol. The highest BCUT2D eigenvalue weighted by Crippen LogP contribution is 2.41. The first-order valence-corrected chi connectivity index (χ1v) is 6.10. The smallest absolute Gasteiger partial charge is 0.191 e. The average Bonchev–Trinajstić information content (AvgIpc) is 2.33. The third-order valence-corrected chi connectivity index (χ3v) is 3.85. The van der Waals surface area contributed by atoms with Gasteiger partial charge in [-0.3, -0.25) is 0 Å². The topological polar surface area (TPSA) is 55.5 Å². The molecule has 0 aliphatic heterocycles. The number of nitro groups is 1. The van der Waals surface area contributed by atoms with Crippen molar-refractivity contribution in [1.29, 1.82) is 0 Å². The summed E-state index contributed by atoms with van der Waals surface area (Å²) < 4.78 is 0. The first kappa shape index (κ1) is 10.4. The molecule has 2 aliphatic rings. The molecule has 0 N–H and O–H groups in total. The van der Waals surface area contributed by atoms with Crippen molar-refractivity contribution in [3.8, 4) is 0 Å². The number of hydrogen-bond donors (Lipinski definition) is 0. The normalized spacial score (nSPS) is 24.5. The zero-order valence-corrected chi connectivity index (χ0v) is 9.56. The summed E-state index contributed by atoms with van der Waals surface area (Å²) in [4.78, 5) is 10.5.